The number of carbonyl (C=O) groups is 1. The van der Waals surface area contributed by atoms with E-state index in [1.165, 1.54) is 12.1 Å². The van der Waals surface area contributed by atoms with Crippen molar-refractivity contribution in [1.29, 1.82) is 0 Å². The van der Waals surface area contributed by atoms with E-state index in [1.807, 2.05) is 0 Å². The molecule has 6 heteroatoms. The van der Waals surface area contributed by atoms with Crippen molar-refractivity contribution in [2.24, 2.45) is 0 Å². The third-order valence-electron chi connectivity index (χ3n) is 2.12. The van der Waals surface area contributed by atoms with E-state index < -0.39 is 13.1 Å². The summed E-state index contributed by atoms with van der Waals surface area (Å²) < 4.78 is 10.5. The molecule has 1 fully saturated rings. The molecule has 0 aromatic heterocycles. The number of aromatic carboxylic acids is 1. The van der Waals surface area contributed by atoms with Crippen molar-refractivity contribution in [3.8, 4) is 0 Å². The molecule has 0 atom stereocenters. The van der Waals surface area contributed by atoms with Gasteiger partial charge in [-0.15, -0.1) is 0 Å². The van der Waals surface area contributed by atoms with Gasteiger partial charge >= 0.3 is 13.1 Å². The predicted molar refractivity (Wildman–Crippen MR) is 55.7 cm³/mol. The van der Waals surface area contributed by atoms with Gasteiger partial charge in [0, 0.05) is 10.5 Å². The van der Waals surface area contributed by atoms with E-state index in [9.17, 15) is 4.79 Å². The Bertz CT molecular complexity index is 390. The van der Waals surface area contributed by atoms with E-state index in [0.29, 0.717) is 23.7 Å². The molecule has 1 aliphatic rings. The number of carboxylic acids is 1. The second-order valence-electron chi connectivity index (χ2n) is 3.11. The molecule has 1 aliphatic heterocycles. The van der Waals surface area contributed by atoms with E-state index in [0.717, 1.165) is 0 Å². The third-order valence-corrected chi connectivity index (χ3v) is 2.45. The maximum atomic E-state index is 10.7. The SMILES string of the molecule is O=C(O)c1ccc(B2OCCO2)c(Cl)c1. The Morgan fingerprint density at radius 2 is 2.07 bits per heavy atom. The standard InChI is InChI=1S/C9H8BClO4/c11-8-5-6(9(12)13)1-2-7(8)10-14-3-4-15-10/h1-2,5H,3-4H2,(H,12,13). The summed E-state index contributed by atoms with van der Waals surface area (Å²) in [5.41, 5.74) is 0.820. The van der Waals surface area contributed by atoms with Crippen molar-refractivity contribution in [2.75, 3.05) is 13.2 Å². The zero-order chi connectivity index (χ0) is 10.8. The van der Waals surface area contributed by atoms with Gasteiger partial charge in [0.05, 0.1) is 18.8 Å². The minimum atomic E-state index is -1.00. The van der Waals surface area contributed by atoms with E-state index >= 15 is 0 Å². The maximum Gasteiger partial charge on any atom is 0.495 e. The molecular weight excluding hydrogens is 218 g/mol. The number of benzene rings is 1. The van der Waals surface area contributed by atoms with Crippen LogP contribution in [0.5, 0.6) is 0 Å². The van der Waals surface area contributed by atoms with Gasteiger partial charge in [0.15, 0.2) is 0 Å². The van der Waals surface area contributed by atoms with Crippen LogP contribution in [-0.4, -0.2) is 31.4 Å². The zero-order valence-corrected chi connectivity index (χ0v) is 8.53. The lowest BCUT2D eigenvalue weighted by atomic mass is 9.79. The highest BCUT2D eigenvalue weighted by atomic mass is 35.5. The lowest BCUT2D eigenvalue weighted by Gasteiger charge is -2.06. The maximum absolute atomic E-state index is 10.7. The molecule has 0 spiro atoms. The highest BCUT2D eigenvalue weighted by Gasteiger charge is 2.28. The van der Waals surface area contributed by atoms with Gasteiger partial charge in [-0.25, -0.2) is 4.79 Å². The van der Waals surface area contributed by atoms with Crippen molar-refractivity contribution in [1.82, 2.24) is 0 Å². The number of carboxylic acid groups (broad SMARTS) is 1. The number of hydrogen-bond donors (Lipinski definition) is 1. The summed E-state index contributed by atoms with van der Waals surface area (Å²) >= 11 is 5.93. The Balaban J connectivity index is 2.29. The fourth-order valence-electron chi connectivity index (χ4n) is 1.39. The first-order valence-electron chi connectivity index (χ1n) is 4.44. The molecule has 1 N–H and O–H groups in total. The molecule has 78 valence electrons. The Kier molecular flexibility index (Phi) is 2.95. The summed E-state index contributed by atoms with van der Waals surface area (Å²) in [4.78, 5) is 10.7. The zero-order valence-electron chi connectivity index (χ0n) is 7.77. The highest BCUT2D eigenvalue weighted by molar-refractivity contribution is 6.65. The third kappa shape index (κ3) is 2.14. The molecule has 2 rings (SSSR count). The van der Waals surface area contributed by atoms with Gasteiger partial charge in [-0.1, -0.05) is 17.7 Å². The summed E-state index contributed by atoms with van der Waals surface area (Å²) in [5, 5.41) is 9.09. The molecular formula is C9H8BClO4. The number of halogens is 1. The number of rotatable bonds is 2. The summed E-state index contributed by atoms with van der Waals surface area (Å²) in [6.45, 7) is 1.06. The van der Waals surface area contributed by atoms with Crippen molar-refractivity contribution < 1.29 is 19.2 Å². The van der Waals surface area contributed by atoms with Gasteiger partial charge in [0.1, 0.15) is 0 Å². The van der Waals surface area contributed by atoms with Crippen LogP contribution in [0.2, 0.25) is 5.02 Å². The minimum Gasteiger partial charge on any atom is -0.478 e. The molecule has 1 saturated heterocycles. The fourth-order valence-corrected chi connectivity index (χ4v) is 1.66. The molecule has 1 aromatic carbocycles. The average Bonchev–Trinajstić information content (AvgIpc) is 2.70. The van der Waals surface area contributed by atoms with Crippen molar-refractivity contribution in [3.63, 3.8) is 0 Å². The lowest BCUT2D eigenvalue weighted by Crippen LogP contribution is -2.32. The molecule has 0 radical (unpaired) electrons. The normalized spacial score (nSPS) is 15.7. The van der Waals surface area contributed by atoms with Gasteiger partial charge in [0.25, 0.3) is 0 Å². The molecule has 4 nitrogen and oxygen atoms in total. The van der Waals surface area contributed by atoms with E-state index in [2.05, 4.69) is 0 Å². The first-order valence-corrected chi connectivity index (χ1v) is 4.82. The summed E-state index contributed by atoms with van der Waals surface area (Å²) in [7, 11) is -0.472. The van der Waals surface area contributed by atoms with Crippen LogP contribution in [0.3, 0.4) is 0 Å². The second kappa shape index (κ2) is 4.22. The molecule has 0 amide bonds. The average molecular weight is 226 g/mol. The van der Waals surface area contributed by atoms with Crippen LogP contribution in [0.25, 0.3) is 0 Å². The molecule has 15 heavy (non-hydrogen) atoms. The monoisotopic (exact) mass is 226 g/mol. The molecule has 1 heterocycles. The Morgan fingerprint density at radius 1 is 1.40 bits per heavy atom. The Hall–Kier alpha value is -1.04. The van der Waals surface area contributed by atoms with Crippen LogP contribution >= 0.6 is 11.6 Å². The molecule has 0 bridgehead atoms. The quantitative estimate of drug-likeness (QED) is 0.757. The van der Waals surface area contributed by atoms with E-state index in [4.69, 9.17) is 26.0 Å². The lowest BCUT2D eigenvalue weighted by molar-refractivity contribution is 0.0697. The van der Waals surface area contributed by atoms with Crippen molar-refractivity contribution in [2.45, 2.75) is 0 Å². The van der Waals surface area contributed by atoms with Crippen molar-refractivity contribution >= 4 is 30.2 Å². The largest absolute Gasteiger partial charge is 0.495 e. The first-order chi connectivity index (χ1) is 7.18. The molecule has 0 unspecified atom stereocenters. The summed E-state index contributed by atoms with van der Waals surface area (Å²) in [6, 6.07) is 4.49. The van der Waals surface area contributed by atoms with Gasteiger partial charge in [-0.2, -0.15) is 0 Å². The van der Waals surface area contributed by atoms with Crippen molar-refractivity contribution in [3.05, 3.63) is 28.8 Å². The Labute approximate surface area is 91.9 Å². The fraction of sp³-hybridized carbons (Fsp3) is 0.222. The molecule has 0 saturated carbocycles. The first kappa shape index (κ1) is 10.5. The van der Waals surface area contributed by atoms with Crippen LogP contribution < -0.4 is 5.46 Å². The summed E-state index contributed by atoms with van der Waals surface area (Å²) in [5.74, 6) is -1.00. The molecule has 0 aliphatic carbocycles. The van der Waals surface area contributed by atoms with Crippen LogP contribution in [0.15, 0.2) is 18.2 Å². The van der Waals surface area contributed by atoms with Crippen LogP contribution in [0.1, 0.15) is 10.4 Å². The van der Waals surface area contributed by atoms with Crippen LogP contribution in [-0.2, 0) is 9.31 Å². The highest BCUT2D eigenvalue weighted by Crippen LogP contribution is 2.12. The smallest absolute Gasteiger partial charge is 0.478 e. The Morgan fingerprint density at radius 3 is 2.60 bits per heavy atom. The minimum absolute atomic E-state index is 0.154. The summed E-state index contributed by atoms with van der Waals surface area (Å²) in [6.07, 6.45) is 0. The number of hydrogen-bond acceptors (Lipinski definition) is 3. The van der Waals surface area contributed by atoms with E-state index in [-0.39, 0.29) is 5.56 Å². The topological polar surface area (TPSA) is 55.8 Å². The van der Waals surface area contributed by atoms with Gasteiger partial charge in [0.2, 0.25) is 0 Å². The van der Waals surface area contributed by atoms with Crippen LogP contribution in [0, 0.1) is 0 Å². The van der Waals surface area contributed by atoms with E-state index in [1.54, 1.807) is 6.07 Å². The van der Waals surface area contributed by atoms with Crippen LogP contribution in [0.4, 0.5) is 0 Å². The second-order valence-corrected chi connectivity index (χ2v) is 3.52. The van der Waals surface area contributed by atoms with Gasteiger partial charge < -0.3 is 14.4 Å². The predicted octanol–water partition coefficient (Wildman–Crippen LogP) is 0.780. The van der Waals surface area contributed by atoms with Gasteiger partial charge in [-0.3, -0.25) is 0 Å². The van der Waals surface area contributed by atoms with Gasteiger partial charge in [-0.05, 0) is 12.1 Å². The molecule has 1 aromatic rings.